The molecule has 0 saturated carbocycles. The predicted octanol–water partition coefficient (Wildman–Crippen LogP) is 3.65. The van der Waals surface area contributed by atoms with E-state index >= 15 is 0 Å². The third kappa shape index (κ3) is 10.3. The van der Waals surface area contributed by atoms with E-state index < -0.39 is 22.9 Å². The molecule has 0 bridgehead atoms. The van der Waals surface area contributed by atoms with Gasteiger partial charge in [-0.2, -0.15) is 0 Å². The fraction of sp³-hybridized carbons (Fsp3) is 0.381. The van der Waals surface area contributed by atoms with Gasteiger partial charge in [-0.05, 0) is 48.7 Å². The molecule has 0 aliphatic carbocycles. The summed E-state index contributed by atoms with van der Waals surface area (Å²) in [5.74, 6) is 1.02. The maximum Gasteiger partial charge on any atom is 0.272 e. The van der Waals surface area contributed by atoms with Crippen LogP contribution in [0.5, 0.6) is 5.75 Å². The number of hydrogen-bond acceptors (Lipinski definition) is 4. The molecule has 10 heteroatoms. The van der Waals surface area contributed by atoms with Crippen molar-refractivity contribution in [3.8, 4) is 5.75 Å². The maximum atomic E-state index is 12.3. The Morgan fingerprint density at radius 1 is 1.10 bits per heavy atom. The zero-order chi connectivity index (χ0) is 22.0. The van der Waals surface area contributed by atoms with E-state index in [9.17, 15) is 17.2 Å². The Balaban J connectivity index is 0.00000480. The molecule has 2 N–H and O–H groups in total. The Morgan fingerprint density at radius 3 is 2.42 bits per heavy atom. The largest absolute Gasteiger partial charge is 0.488 e. The number of ether oxygens (including phenoxy) is 1. The fourth-order valence-corrected chi connectivity index (χ4v) is 3.26. The van der Waals surface area contributed by atoms with E-state index in [2.05, 4.69) is 15.6 Å². The van der Waals surface area contributed by atoms with E-state index in [0.717, 1.165) is 11.1 Å². The normalized spacial score (nSPS) is 11.7. The van der Waals surface area contributed by atoms with Gasteiger partial charge < -0.3 is 15.4 Å². The summed E-state index contributed by atoms with van der Waals surface area (Å²) >= 11 is 0. The van der Waals surface area contributed by atoms with Crippen LogP contribution in [-0.2, 0) is 22.8 Å². The van der Waals surface area contributed by atoms with Crippen molar-refractivity contribution in [1.29, 1.82) is 0 Å². The fourth-order valence-electron chi connectivity index (χ4n) is 2.63. The number of aliphatic imine (C=N–C) groups is 1. The van der Waals surface area contributed by atoms with Gasteiger partial charge in [-0.15, -0.1) is 24.0 Å². The lowest BCUT2D eigenvalue weighted by atomic mass is 10.1. The van der Waals surface area contributed by atoms with Gasteiger partial charge in [0.1, 0.15) is 12.4 Å². The van der Waals surface area contributed by atoms with Crippen LogP contribution in [0.4, 0.5) is 8.78 Å². The zero-order valence-corrected chi connectivity index (χ0v) is 20.6. The Bertz CT molecular complexity index is 939. The van der Waals surface area contributed by atoms with Crippen LogP contribution in [0.25, 0.3) is 0 Å². The quantitative estimate of drug-likeness (QED) is 0.261. The standard InChI is InChI=1S/C21H27F2N3O3S.HI/c1-3-24-21(25-12-11-16-7-9-19(10-8-16)30(2,27)28)26-14-17-5-4-6-18(13-17)29-15-20(22)23;/h4-10,13,20H,3,11-12,14-15H2,1-2H3,(H2,24,25,26);1H. The topological polar surface area (TPSA) is 79.8 Å². The Kier molecular flexibility index (Phi) is 11.8. The van der Waals surface area contributed by atoms with Gasteiger partial charge in [-0.25, -0.2) is 22.2 Å². The summed E-state index contributed by atoms with van der Waals surface area (Å²) < 4.78 is 52.6. The molecule has 2 aromatic carbocycles. The highest BCUT2D eigenvalue weighted by Crippen LogP contribution is 2.15. The third-order valence-corrected chi connectivity index (χ3v) is 5.22. The van der Waals surface area contributed by atoms with E-state index in [0.29, 0.717) is 42.7 Å². The summed E-state index contributed by atoms with van der Waals surface area (Å²) in [6.07, 6.45) is -0.631. The van der Waals surface area contributed by atoms with Gasteiger partial charge in [0.15, 0.2) is 15.8 Å². The lowest BCUT2D eigenvalue weighted by molar-refractivity contribution is 0.0818. The van der Waals surface area contributed by atoms with E-state index in [1.54, 1.807) is 42.5 Å². The van der Waals surface area contributed by atoms with Crippen LogP contribution in [0.2, 0.25) is 0 Å². The van der Waals surface area contributed by atoms with Crippen LogP contribution in [0.15, 0.2) is 58.4 Å². The molecule has 0 radical (unpaired) electrons. The third-order valence-electron chi connectivity index (χ3n) is 4.10. The molecule has 0 heterocycles. The zero-order valence-electron chi connectivity index (χ0n) is 17.5. The SMILES string of the molecule is CCNC(=NCc1cccc(OCC(F)F)c1)NCCc1ccc(S(C)(=O)=O)cc1.I. The first-order chi connectivity index (χ1) is 14.3. The number of halogens is 3. The van der Waals surface area contributed by atoms with Crippen molar-refractivity contribution in [2.24, 2.45) is 4.99 Å². The molecule has 0 aromatic heterocycles. The Hall–Kier alpha value is -1.95. The smallest absolute Gasteiger partial charge is 0.272 e. The molecule has 0 amide bonds. The molecule has 0 spiro atoms. The highest BCUT2D eigenvalue weighted by atomic mass is 127. The molecular formula is C21H28F2IN3O3S. The molecule has 0 saturated heterocycles. The average Bonchev–Trinajstić information content (AvgIpc) is 2.70. The maximum absolute atomic E-state index is 12.3. The summed E-state index contributed by atoms with van der Waals surface area (Å²) in [6.45, 7) is 2.99. The van der Waals surface area contributed by atoms with Gasteiger partial charge in [0.05, 0.1) is 11.4 Å². The van der Waals surface area contributed by atoms with Crippen molar-refractivity contribution < 1.29 is 21.9 Å². The number of rotatable bonds is 10. The summed E-state index contributed by atoms with van der Waals surface area (Å²) in [4.78, 5) is 4.81. The molecule has 0 unspecified atom stereocenters. The average molecular weight is 567 g/mol. The second-order valence-electron chi connectivity index (χ2n) is 6.64. The lowest BCUT2D eigenvalue weighted by Crippen LogP contribution is -2.38. The summed E-state index contributed by atoms with van der Waals surface area (Å²) in [5.41, 5.74) is 1.85. The summed E-state index contributed by atoms with van der Waals surface area (Å²) in [5, 5.41) is 6.38. The first kappa shape index (κ1) is 27.1. The number of guanidine groups is 1. The van der Waals surface area contributed by atoms with Gasteiger partial charge in [0.2, 0.25) is 0 Å². The molecule has 31 heavy (non-hydrogen) atoms. The minimum Gasteiger partial charge on any atom is -0.488 e. The van der Waals surface area contributed by atoms with E-state index in [1.165, 1.54) is 6.26 Å². The van der Waals surface area contributed by atoms with E-state index in [4.69, 9.17) is 4.74 Å². The Morgan fingerprint density at radius 2 is 1.81 bits per heavy atom. The number of nitrogens with one attached hydrogen (secondary N) is 2. The number of hydrogen-bond donors (Lipinski definition) is 2. The Labute approximate surface area is 199 Å². The van der Waals surface area contributed by atoms with Crippen molar-refractivity contribution in [3.63, 3.8) is 0 Å². The van der Waals surface area contributed by atoms with Crippen molar-refractivity contribution in [1.82, 2.24) is 10.6 Å². The second kappa shape index (κ2) is 13.5. The van der Waals surface area contributed by atoms with Crippen molar-refractivity contribution in [3.05, 3.63) is 59.7 Å². The second-order valence-corrected chi connectivity index (χ2v) is 8.65. The molecule has 2 aromatic rings. The minimum atomic E-state index is -3.20. The van der Waals surface area contributed by atoms with Crippen molar-refractivity contribution in [2.75, 3.05) is 26.0 Å². The molecule has 0 atom stereocenters. The molecule has 0 aliphatic rings. The van der Waals surface area contributed by atoms with Crippen LogP contribution in [0.3, 0.4) is 0 Å². The van der Waals surface area contributed by atoms with Crippen LogP contribution >= 0.6 is 24.0 Å². The number of alkyl halides is 2. The summed E-state index contributed by atoms with van der Waals surface area (Å²) in [6, 6.07) is 13.7. The van der Waals surface area contributed by atoms with Gasteiger partial charge in [0, 0.05) is 19.3 Å². The number of sulfone groups is 1. The van der Waals surface area contributed by atoms with Gasteiger partial charge in [-0.1, -0.05) is 24.3 Å². The van der Waals surface area contributed by atoms with Crippen LogP contribution < -0.4 is 15.4 Å². The van der Waals surface area contributed by atoms with E-state index in [1.807, 2.05) is 13.0 Å². The molecule has 2 rings (SSSR count). The van der Waals surface area contributed by atoms with Gasteiger partial charge in [0.25, 0.3) is 6.43 Å². The molecular weight excluding hydrogens is 539 g/mol. The highest BCUT2D eigenvalue weighted by Gasteiger charge is 2.07. The van der Waals surface area contributed by atoms with Crippen LogP contribution in [-0.4, -0.2) is 46.8 Å². The number of nitrogens with zero attached hydrogens (tertiary/aromatic N) is 1. The van der Waals surface area contributed by atoms with Gasteiger partial charge >= 0.3 is 0 Å². The number of benzene rings is 2. The highest BCUT2D eigenvalue weighted by molar-refractivity contribution is 14.0. The van der Waals surface area contributed by atoms with E-state index in [-0.39, 0.29) is 24.0 Å². The van der Waals surface area contributed by atoms with Crippen LogP contribution in [0, 0.1) is 0 Å². The van der Waals surface area contributed by atoms with Gasteiger partial charge in [-0.3, -0.25) is 0 Å². The van der Waals surface area contributed by atoms with Crippen molar-refractivity contribution in [2.45, 2.75) is 31.2 Å². The molecule has 6 nitrogen and oxygen atoms in total. The monoisotopic (exact) mass is 567 g/mol. The first-order valence-corrected chi connectivity index (χ1v) is 11.5. The van der Waals surface area contributed by atoms with Crippen LogP contribution in [0.1, 0.15) is 18.1 Å². The molecule has 0 fully saturated rings. The lowest BCUT2D eigenvalue weighted by Gasteiger charge is -2.12. The molecule has 0 aliphatic heterocycles. The predicted molar refractivity (Wildman–Crippen MR) is 129 cm³/mol. The molecule has 172 valence electrons. The first-order valence-electron chi connectivity index (χ1n) is 9.59. The van der Waals surface area contributed by atoms with Crippen molar-refractivity contribution >= 4 is 39.8 Å². The summed E-state index contributed by atoms with van der Waals surface area (Å²) in [7, 11) is -3.20. The minimum absolute atomic E-state index is 0.